The summed E-state index contributed by atoms with van der Waals surface area (Å²) in [4.78, 5) is 27.4. The average Bonchev–Trinajstić information content (AvgIpc) is 2.88. The Hall–Kier alpha value is -1.72. The highest BCUT2D eigenvalue weighted by atomic mass is 35.5. The molecule has 0 bridgehead atoms. The Labute approximate surface area is 231 Å². The molecule has 6 unspecified atom stereocenters. The number of nitrogens with zero attached hydrogens (tertiary/aromatic N) is 1. The number of rotatable bonds is 7. The van der Waals surface area contributed by atoms with Gasteiger partial charge in [0.15, 0.2) is 0 Å². The molecule has 1 N–H and O–H groups in total. The zero-order valence-electron chi connectivity index (χ0n) is 22.1. The smallest absolute Gasteiger partial charge is 0.338 e. The first kappa shape index (κ1) is 26.9. The number of carbonyl (C=O) groups is 2. The van der Waals surface area contributed by atoms with Gasteiger partial charge in [-0.2, -0.15) is 0 Å². The van der Waals surface area contributed by atoms with Gasteiger partial charge in [0.1, 0.15) is 6.10 Å². The summed E-state index contributed by atoms with van der Waals surface area (Å²) in [7, 11) is 0. The lowest BCUT2D eigenvalue weighted by atomic mass is 9.48. The Morgan fingerprint density at radius 1 is 1.11 bits per heavy atom. The molecule has 202 valence electrons. The number of amides is 1. The maximum absolute atomic E-state index is 13.1. The first-order valence-electron chi connectivity index (χ1n) is 14.0. The van der Waals surface area contributed by atoms with E-state index in [0.29, 0.717) is 54.6 Å². The number of ether oxygens (including phenoxy) is 1. The summed E-state index contributed by atoms with van der Waals surface area (Å²) in [5, 5.41) is 3.35. The molecule has 1 aliphatic heterocycles. The van der Waals surface area contributed by atoms with E-state index in [9.17, 15) is 9.59 Å². The molecule has 6 atom stereocenters. The minimum Gasteiger partial charge on any atom is -0.458 e. The number of anilines is 1. The van der Waals surface area contributed by atoms with Crippen molar-refractivity contribution >= 4 is 40.8 Å². The zero-order valence-corrected chi connectivity index (χ0v) is 23.6. The maximum Gasteiger partial charge on any atom is 0.338 e. The molecule has 1 heterocycles. The molecule has 4 aliphatic rings. The summed E-state index contributed by atoms with van der Waals surface area (Å²) in [5.74, 6) is 2.78. The largest absolute Gasteiger partial charge is 0.458 e. The van der Waals surface area contributed by atoms with Crippen molar-refractivity contribution < 1.29 is 14.3 Å². The van der Waals surface area contributed by atoms with Gasteiger partial charge in [-0.1, -0.05) is 24.6 Å². The number of alkyl halides is 2. The minimum atomic E-state index is -0.257. The highest BCUT2D eigenvalue weighted by molar-refractivity contribution is 6.18. The van der Waals surface area contributed by atoms with Gasteiger partial charge in [-0.15, -0.1) is 23.2 Å². The molecule has 37 heavy (non-hydrogen) atoms. The van der Waals surface area contributed by atoms with Crippen molar-refractivity contribution in [3.05, 3.63) is 41.5 Å². The second-order valence-corrected chi connectivity index (χ2v) is 12.7. The number of carbonyl (C=O) groups excluding carboxylic acids is 2. The first-order chi connectivity index (χ1) is 17.8. The van der Waals surface area contributed by atoms with Gasteiger partial charge in [0.2, 0.25) is 5.91 Å². The van der Waals surface area contributed by atoms with Crippen LogP contribution in [-0.2, 0) is 9.53 Å². The molecule has 3 aliphatic carbocycles. The number of benzene rings is 1. The van der Waals surface area contributed by atoms with E-state index in [4.69, 9.17) is 27.9 Å². The van der Waals surface area contributed by atoms with Crippen LogP contribution in [0.5, 0.6) is 0 Å². The highest BCUT2D eigenvalue weighted by Gasteiger charge is 2.56. The number of nitrogens with one attached hydrogen (secondary N) is 1. The van der Waals surface area contributed by atoms with Crippen molar-refractivity contribution in [3.8, 4) is 0 Å². The number of hydrogen-bond donors (Lipinski definition) is 1. The number of allylic oxidation sites excluding steroid dienone is 1. The van der Waals surface area contributed by atoms with E-state index in [0.717, 1.165) is 50.6 Å². The first-order valence-corrected chi connectivity index (χ1v) is 15.0. The van der Waals surface area contributed by atoms with Crippen molar-refractivity contribution in [3.63, 3.8) is 0 Å². The zero-order chi connectivity index (χ0) is 26.2. The third-order valence-electron chi connectivity index (χ3n) is 9.99. The standard InChI is InChI=1S/C30H40Cl2N2O3/c1-29-12-10-23(37-28(36)20-4-3-5-22(18-20)34(16-14-31)17-15-32)19-21(29)6-7-24-25(29)11-13-30(2)26(24)8-9-27(35)33-30/h3-6,18,23-26H,7-17,19H2,1-2H3,(H,33,35). The summed E-state index contributed by atoms with van der Waals surface area (Å²) >= 11 is 11.9. The Morgan fingerprint density at radius 3 is 2.65 bits per heavy atom. The number of halogens is 2. The van der Waals surface area contributed by atoms with Crippen LogP contribution in [0.25, 0.3) is 0 Å². The number of hydrogen-bond acceptors (Lipinski definition) is 4. The molecule has 1 saturated heterocycles. The molecule has 2 saturated carbocycles. The van der Waals surface area contributed by atoms with Crippen LogP contribution in [-0.4, -0.2) is 48.4 Å². The van der Waals surface area contributed by atoms with Crippen LogP contribution in [0.2, 0.25) is 0 Å². The molecule has 5 nitrogen and oxygen atoms in total. The van der Waals surface area contributed by atoms with E-state index < -0.39 is 0 Å². The van der Waals surface area contributed by atoms with Gasteiger partial charge in [-0.05, 0) is 86.8 Å². The van der Waals surface area contributed by atoms with E-state index in [1.807, 2.05) is 24.3 Å². The third kappa shape index (κ3) is 5.15. The lowest BCUT2D eigenvalue weighted by Crippen LogP contribution is -2.62. The second-order valence-electron chi connectivity index (χ2n) is 12.0. The highest BCUT2D eigenvalue weighted by Crippen LogP contribution is 2.60. The van der Waals surface area contributed by atoms with Gasteiger partial charge in [0, 0.05) is 48.9 Å². The van der Waals surface area contributed by atoms with Gasteiger partial charge >= 0.3 is 5.97 Å². The summed E-state index contributed by atoms with van der Waals surface area (Å²) < 4.78 is 6.08. The van der Waals surface area contributed by atoms with Crippen molar-refractivity contribution in [2.75, 3.05) is 29.7 Å². The second kappa shape index (κ2) is 10.8. The van der Waals surface area contributed by atoms with Gasteiger partial charge < -0.3 is 15.0 Å². The lowest BCUT2D eigenvalue weighted by molar-refractivity contribution is -0.131. The van der Waals surface area contributed by atoms with Crippen LogP contribution in [0.3, 0.4) is 0 Å². The molecular formula is C30H40Cl2N2O3. The fraction of sp³-hybridized carbons (Fsp3) is 0.667. The quantitative estimate of drug-likeness (QED) is 0.246. The molecule has 5 rings (SSSR count). The van der Waals surface area contributed by atoms with Crippen LogP contribution in [0.4, 0.5) is 5.69 Å². The summed E-state index contributed by atoms with van der Waals surface area (Å²) in [6.45, 7) is 6.07. The van der Waals surface area contributed by atoms with E-state index >= 15 is 0 Å². The molecule has 3 fully saturated rings. The van der Waals surface area contributed by atoms with Crippen LogP contribution in [0.15, 0.2) is 35.9 Å². The van der Waals surface area contributed by atoms with E-state index in [1.165, 1.54) is 5.57 Å². The monoisotopic (exact) mass is 546 g/mol. The van der Waals surface area contributed by atoms with Crippen LogP contribution < -0.4 is 10.2 Å². The molecule has 0 spiro atoms. The van der Waals surface area contributed by atoms with Crippen LogP contribution in [0, 0.1) is 23.2 Å². The van der Waals surface area contributed by atoms with Crippen LogP contribution in [0.1, 0.15) is 75.6 Å². The van der Waals surface area contributed by atoms with Crippen molar-refractivity contribution in [1.29, 1.82) is 0 Å². The molecule has 1 amide bonds. The van der Waals surface area contributed by atoms with Gasteiger partial charge in [0.05, 0.1) is 5.56 Å². The van der Waals surface area contributed by atoms with Crippen molar-refractivity contribution in [2.45, 2.75) is 76.9 Å². The minimum absolute atomic E-state index is 0.0530. The Morgan fingerprint density at radius 2 is 1.89 bits per heavy atom. The molecule has 1 aromatic rings. The van der Waals surface area contributed by atoms with Gasteiger partial charge in [-0.3, -0.25) is 4.79 Å². The predicted octanol–water partition coefficient (Wildman–Crippen LogP) is 6.33. The molecule has 7 heteroatoms. The fourth-order valence-corrected chi connectivity index (χ4v) is 8.43. The Balaban J connectivity index is 1.27. The van der Waals surface area contributed by atoms with Crippen LogP contribution >= 0.6 is 23.2 Å². The van der Waals surface area contributed by atoms with Gasteiger partial charge in [-0.25, -0.2) is 4.79 Å². The topological polar surface area (TPSA) is 58.6 Å². The van der Waals surface area contributed by atoms with Gasteiger partial charge in [0.25, 0.3) is 0 Å². The average molecular weight is 548 g/mol. The van der Waals surface area contributed by atoms with E-state index in [-0.39, 0.29) is 28.9 Å². The summed E-state index contributed by atoms with van der Waals surface area (Å²) in [6, 6.07) is 7.59. The Bertz CT molecular complexity index is 1060. The fourth-order valence-electron chi connectivity index (χ4n) is 8.03. The lowest BCUT2D eigenvalue weighted by Gasteiger charge is -2.59. The maximum atomic E-state index is 13.1. The predicted molar refractivity (Wildman–Crippen MR) is 149 cm³/mol. The summed E-state index contributed by atoms with van der Waals surface area (Å²) in [6.07, 6.45) is 10.1. The van der Waals surface area contributed by atoms with Crippen molar-refractivity contribution in [2.24, 2.45) is 23.2 Å². The SMILES string of the molecule is CC12CCC3C(CC=C4CC(OC(=O)c5cccc(N(CCCl)CCCl)c5)CCC43C)C1CCC(=O)N2. The normalized spacial score (nSPS) is 34.8. The molecule has 1 aromatic carbocycles. The number of esters is 1. The summed E-state index contributed by atoms with van der Waals surface area (Å²) in [5.41, 5.74) is 3.10. The van der Waals surface area contributed by atoms with E-state index in [2.05, 4.69) is 30.1 Å². The third-order valence-corrected chi connectivity index (χ3v) is 10.3. The van der Waals surface area contributed by atoms with E-state index in [1.54, 1.807) is 0 Å². The van der Waals surface area contributed by atoms with Crippen molar-refractivity contribution in [1.82, 2.24) is 5.32 Å². The number of piperidine rings is 1. The molecule has 0 aromatic heterocycles. The molecule has 0 radical (unpaired) electrons. The molecular weight excluding hydrogens is 507 g/mol. The Kier molecular flexibility index (Phi) is 7.85. The number of fused-ring (bicyclic) bond motifs is 5.